The van der Waals surface area contributed by atoms with Crippen LogP contribution in [0, 0.1) is 5.82 Å². The molecular weight excluding hydrogens is 375 g/mol. The van der Waals surface area contributed by atoms with Crippen molar-refractivity contribution in [2.24, 2.45) is 0 Å². The number of benzene rings is 1. The van der Waals surface area contributed by atoms with Crippen LogP contribution in [0.2, 0.25) is 0 Å². The third kappa shape index (κ3) is 4.81. The van der Waals surface area contributed by atoms with E-state index in [2.05, 4.69) is 9.71 Å². The van der Waals surface area contributed by atoms with Gasteiger partial charge >= 0.3 is 5.97 Å². The lowest BCUT2D eigenvalue weighted by atomic mass is 9.94. The highest BCUT2D eigenvalue weighted by Crippen LogP contribution is 2.24. The number of ether oxygens (including phenoxy) is 1. The lowest BCUT2D eigenvalue weighted by Crippen LogP contribution is -2.39. The van der Waals surface area contributed by atoms with Gasteiger partial charge in [0.05, 0.1) is 10.5 Å². The largest absolute Gasteiger partial charge is 0.478 e. The van der Waals surface area contributed by atoms with Crippen LogP contribution < -0.4 is 9.46 Å². The molecule has 27 heavy (non-hydrogen) atoms. The van der Waals surface area contributed by atoms with Crippen LogP contribution in [-0.4, -0.2) is 36.6 Å². The molecule has 9 heteroatoms. The molecule has 1 heterocycles. The molecule has 0 aliphatic heterocycles. The standard InChI is InChI=1S/C18H19FN2O5S/c19-16-9-8-14(11-15(16)18(22)23)27(24,25)21-12-4-6-13(7-5-12)26-17-3-1-2-10-20-17/h1-3,8-13,21H,4-7H2,(H,22,23). The van der Waals surface area contributed by atoms with Gasteiger partial charge in [0.25, 0.3) is 0 Å². The van der Waals surface area contributed by atoms with Gasteiger partial charge in [-0.15, -0.1) is 0 Å². The maximum absolute atomic E-state index is 13.5. The number of aromatic nitrogens is 1. The van der Waals surface area contributed by atoms with Crippen molar-refractivity contribution in [1.29, 1.82) is 0 Å². The first-order valence-electron chi connectivity index (χ1n) is 8.48. The van der Waals surface area contributed by atoms with Gasteiger partial charge in [-0.05, 0) is 49.9 Å². The van der Waals surface area contributed by atoms with Crippen molar-refractivity contribution in [3.05, 3.63) is 54.0 Å². The van der Waals surface area contributed by atoms with Gasteiger partial charge in [-0.2, -0.15) is 0 Å². The zero-order chi connectivity index (χ0) is 19.4. The van der Waals surface area contributed by atoms with Gasteiger partial charge in [-0.1, -0.05) is 6.07 Å². The van der Waals surface area contributed by atoms with Crippen molar-refractivity contribution in [1.82, 2.24) is 9.71 Å². The lowest BCUT2D eigenvalue weighted by molar-refractivity contribution is 0.0691. The minimum Gasteiger partial charge on any atom is -0.478 e. The van der Waals surface area contributed by atoms with E-state index in [1.165, 1.54) is 0 Å². The van der Waals surface area contributed by atoms with Crippen LogP contribution in [0.4, 0.5) is 4.39 Å². The topological polar surface area (TPSA) is 106 Å². The molecule has 0 radical (unpaired) electrons. The minimum atomic E-state index is -3.94. The minimum absolute atomic E-state index is 0.0370. The molecule has 7 nitrogen and oxygen atoms in total. The first-order chi connectivity index (χ1) is 12.8. The molecule has 144 valence electrons. The molecule has 2 aromatic rings. The Bertz CT molecular complexity index is 913. The summed E-state index contributed by atoms with van der Waals surface area (Å²) in [7, 11) is -3.94. The summed E-state index contributed by atoms with van der Waals surface area (Å²) >= 11 is 0. The van der Waals surface area contributed by atoms with Gasteiger partial charge in [0.15, 0.2) is 0 Å². The molecule has 1 aromatic carbocycles. The Hall–Kier alpha value is -2.52. The van der Waals surface area contributed by atoms with Crippen molar-refractivity contribution in [2.75, 3.05) is 0 Å². The van der Waals surface area contributed by atoms with Crippen molar-refractivity contribution in [3.63, 3.8) is 0 Å². The van der Waals surface area contributed by atoms with Crippen LogP contribution in [0.25, 0.3) is 0 Å². The second-order valence-electron chi connectivity index (χ2n) is 6.33. The summed E-state index contributed by atoms with van der Waals surface area (Å²) in [6.45, 7) is 0. The van der Waals surface area contributed by atoms with Crippen molar-refractivity contribution < 1.29 is 27.4 Å². The molecule has 0 unspecified atom stereocenters. The fourth-order valence-electron chi connectivity index (χ4n) is 3.01. The summed E-state index contributed by atoms with van der Waals surface area (Å²) in [5.41, 5.74) is -0.676. The molecule has 1 aliphatic rings. The summed E-state index contributed by atoms with van der Waals surface area (Å²) < 4.78 is 46.8. The summed E-state index contributed by atoms with van der Waals surface area (Å²) in [6, 6.07) is 7.83. The Balaban J connectivity index is 1.61. The third-order valence-corrected chi connectivity index (χ3v) is 5.92. The number of hydrogen-bond acceptors (Lipinski definition) is 5. The monoisotopic (exact) mass is 394 g/mol. The maximum atomic E-state index is 13.5. The van der Waals surface area contributed by atoms with Crippen LogP contribution in [0.15, 0.2) is 47.5 Å². The number of carboxylic acids is 1. The Morgan fingerprint density at radius 1 is 1.19 bits per heavy atom. The van der Waals surface area contributed by atoms with Gasteiger partial charge in [0, 0.05) is 18.3 Å². The van der Waals surface area contributed by atoms with Gasteiger partial charge < -0.3 is 9.84 Å². The van der Waals surface area contributed by atoms with Gasteiger partial charge in [-0.3, -0.25) is 0 Å². The number of pyridine rings is 1. The van der Waals surface area contributed by atoms with Crippen LogP contribution in [0.1, 0.15) is 36.0 Å². The zero-order valence-electron chi connectivity index (χ0n) is 14.3. The fraction of sp³-hybridized carbons (Fsp3) is 0.333. The Morgan fingerprint density at radius 3 is 2.56 bits per heavy atom. The number of nitrogens with zero attached hydrogens (tertiary/aromatic N) is 1. The smallest absolute Gasteiger partial charge is 0.338 e. The Morgan fingerprint density at radius 2 is 1.93 bits per heavy atom. The van der Waals surface area contributed by atoms with E-state index >= 15 is 0 Å². The van der Waals surface area contributed by atoms with E-state index in [9.17, 15) is 17.6 Å². The van der Waals surface area contributed by atoms with E-state index in [1.807, 2.05) is 6.07 Å². The number of halogens is 1. The molecule has 0 spiro atoms. The number of hydrogen-bond donors (Lipinski definition) is 2. The molecule has 3 rings (SSSR count). The Labute approximate surface area is 156 Å². The van der Waals surface area contributed by atoms with Gasteiger partial charge in [-0.25, -0.2) is 27.3 Å². The highest BCUT2D eigenvalue weighted by atomic mass is 32.2. The summed E-state index contributed by atoms with van der Waals surface area (Å²) in [4.78, 5) is 14.8. The van der Waals surface area contributed by atoms with Crippen LogP contribution in [0.3, 0.4) is 0 Å². The van der Waals surface area contributed by atoms with E-state index in [4.69, 9.17) is 9.84 Å². The average Bonchev–Trinajstić information content (AvgIpc) is 2.64. The van der Waals surface area contributed by atoms with Crippen molar-refractivity contribution in [2.45, 2.75) is 42.7 Å². The predicted octanol–water partition coefficient (Wildman–Crippen LogP) is 2.59. The summed E-state index contributed by atoms with van der Waals surface area (Å²) in [6.07, 6.45) is 4.07. The molecule has 1 fully saturated rings. The lowest BCUT2D eigenvalue weighted by Gasteiger charge is -2.29. The number of carboxylic acid groups (broad SMARTS) is 1. The van der Waals surface area contributed by atoms with Gasteiger partial charge in [0.2, 0.25) is 15.9 Å². The number of nitrogens with one attached hydrogen (secondary N) is 1. The molecule has 0 atom stereocenters. The molecule has 1 saturated carbocycles. The van der Waals surface area contributed by atoms with E-state index in [0.717, 1.165) is 18.2 Å². The molecular formula is C18H19FN2O5S. The molecule has 1 aliphatic carbocycles. The SMILES string of the molecule is O=C(O)c1cc(S(=O)(=O)NC2CCC(Oc3ccccn3)CC2)ccc1F. The maximum Gasteiger partial charge on any atom is 0.338 e. The summed E-state index contributed by atoms with van der Waals surface area (Å²) in [5.74, 6) is -1.96. The van der Waals surface area contributed by atoms with Crippen LogP contribution in [0.5, 0.6) is 5.88 Å². The predicted molar refractivity (Wildman–Crippen MR) is 94.6 cm³/mol. The molecule has 2 N–H and O–H groups in total. The number of carbonyl (C=O) groups is 1. The van der Waals surface area contributed by atoms with Crippen molar-refractivity contribution in [3.8, 4) is 5.88 Å². The van der Waals surface area contributed by atoms with Crippen LogP contribution in [-0.2, 0) is 10.0 Å². The number of aromatic carboxylic acids is 1. The van der Waals surface area contributed by atoms with Crippen molar-refractivity contribution >= 4 is 16.0 Å². The van der Waals surface area contributed by atoms with E-state index in [-0.39, 0.29) is 17.0 Å². The van der Waals surface area contributed by atoms with E-state index in [1.54, 1.807) is 18.3 Å². The normalized spacial score (nSPS) is 20.2. The second kappa shape index (κ2) is 8.01. The fourth-order valence-corrected chi connectivity index (χ4v) is 4.34. The molecule has 0 amide bonds. The second-order valence-corrected chi connectivity index (χ2v) is 8.04. The summed E-state index contributed by atoms with van der Waals surface area (Å²) in [5, 5.41) is 8.95. The molecule has 1 aromatic heterocycles. The highest BCUT2D eigenvalue weighted by Gasteiger charge is 2.27. The highest BCUT2D eigenvalue weighted by molar-refractivity contribution is 7.89. The Kier molecular flexibility index (Phi) is 5.71. The number of sulfonamides is 1. The van der Waals surface area contributed by atoms with Crippen LogP contribution >= 0.6 is 0 Å². The van der Waals surface area contributed by atoms with E-state index < -0.39 is 27.4 Å². The molecule has 0 saturated heterocycles. The molecule has 0 bridgehead atoms. The number of rotatable bonds is 6. The first-order valence-corrected chi connectivity index (χ1v) is 9.96. The van der Waals surface area contributed by atoms with E-state index in [0.29, 0.717) is 31.6 Å². The quantitative estimate of drug-likeness (QED) is 0.780. The first kappa shape index (κ1) is 19.2. The van der Waals surface area contributed by atoms with Gasteiger partial charge in [0.1, 0.15) is 11.9 Å². The zero-order valence-corrected chi connectivity index (χ0v) is 15.2. The third-order valence-electron chi connectivity index (χ3n) is 4.40. The average molecular weight is 394 g/mol.